The van der Waals surface area contributed by atoms with Crippen LogP contribution in [-0.4, -0.2) is 31.3 Å². The maximum atomic E-state index is 14.4. The van der Waals surface area contributed by atoms with Gasteiger partial charge in [-0.25, -0.2) is 8.78 Å². The molecule has 1 heterocycles. The molecule has 1 unspecified atom stereocenters. The molecule has 8 heteroatoms. The lowest BCUT2D eigenvalue weighted by atomic mass is 9.74. The molecule has 3 rings (SSSR count). The van der Waals surface area contributed by atoms with Crippen molar-refractivity contribution in [2.75, 3.05) is 26.4 Å². The van der Waals surface area contributed by atoms with Crippen LogP contribution in [0.1, 0.15) is 48.8 Å². The van der Waals surface area contributed by atoms with Gasteiger partial charge in [-0.1, -0.05) is 43.2 Å². The van der Waals surface area contributed by atoms with Crippen LogP contribution < -0.4 is 5.32 Å². The van der Waals surface area contributed by atoms with Gasteiger partial charge in [-0.15, -0.1) is 9.42 Å². The largest absolute Gasteiger partial charge is 0.694 e. The summed E-state index contributed by atoms with van der Waals surface area (Å²) >= 11 is 0. The van der Waals surface area contributed by atoms with Crippen molar-refractivity contribution in [2.45, 2.75) is 50.5 Å². The lowest BCUT2D eigenvalue weighted by Gasteiger charge is -2.42. The maximum absolute atomic E-state index is 14.4. The molecule has 1 fully saturated rings. The molecule has 0 aliphatic carbocycles. The summed E-state index contributed by atoms with van der Waals surface area (Å²) in [4.78, 5) is 8.54. The fourth-order valence-corrected chi connectivity index (χ4v) is 4.36. The molecule has 2 aromatic rings. The molecule has 2 aromatic carbocycles. The van der Waals surface area contributed by atoms with E-state index in [1.54, 1.807) is 0 Å². The van der Waals surface area contributed by atoms with Crippen molar-refractivity contribution in [2.24, 2.45) is 0 Å². The second-order valence-electron chi connectivity index (χ2n) is 8.34. The number of hydrogen-bond acceptors (Lipinski definition) is 4. The molecule has 0 bridgehead atoms. The highest BCUT2D eigenvalue weighted by atomic mass is 31.1. The zero-order valence-electron chi connectivity index (χ0n) is 18.2. The van der Waals surface area contributed by atoms with Gasteiger partial charge in [-0.2, -0.15) is 0 Å². The van der Waals surface area contributed by atoms with Gasteiger partial charge in [0.05, 0.1) is 13.2 Å². The van der Waals surface area contributed by atoms with E-state index >= 15 is 0 Å². The van der Waals surface area contributed by atoms with Gasteiger partial charge in [0.15, 0.2) is 0 Å². The minimum absolute atomic E-state index is 0.106. The smallest absolute Gasteiger partial charge is 0.379 e. The minimum atomic E-state index is -2.59. The minimum Gasteiger partial charge on any atom is -0.379 e. The molecule has 32 heavy (non-hydrogen) atoms. The quantitative estimate of drug-likeness (QED) is 0.297. The lowest BCUT2D eigenvalue weighted by molar-refractivity contribution is -0.0654. The van der Waals surface area contributed by atoms with E-state index in [0.29, 0.717) is 24.9 Å². The van der Waals surface area contributed by atoms with Crippen LogP contribution >= 0.6 is 8.25 Å². The highest BCUT2D eigenvalue weighted by molar-refractivity contribution is 7.32. The van der Waals surface area contributed by atoms with Crippen LogP contribution in [0.2, 0.25) is 0 Å². The summed E-state index contributed by atoms with van der Waals surface area (Å²) < 4.78 is 49.2. The topological polar surface area (TPSA) is 67.8 Å². The first-order chi connectivity index (χ1) is 15.5. The second kappa shape index (κ2) is 12.5. The summed E-state index contributed by atoms with van der Waals surface area (Å²) in [6, 6.07) is 13.0. The van der Waals surface area contributed by atoms with E-state index in [1.165, 1.54) is 17.7 Å². The zero-order chi connectivity index (χ0) is 22.8. The highest BCUT2D eigenvalue weighted by Crippen LogP contribution is 2.37. The van der Waals surface area contributed by atoms with E-state index in [-0.39, 0.29) is 29.9 Å². The molecular formula is C24H31F2NO4P+. The van der Waals surface area contributed by atoms with Gasteiger partial charge in [0, 0.05) is 22.1 Å². The van der Waals surface area contributed by atoms with Crippen molar-refractivity contribution in [3.05, 3.63) is 70.8 Å². The fourth-order valence-electron chi connectivity index (χ4n) is 4.07. The number of nitrogens with one attached hydrogen (secondary N) is 1. The Morgan fingerprint density at radius 2 is 1.75 bits per heavy atom. The third kappa shape index (κ3) is 7.12. The Morgan fingerprint density at radius 3 is 2.44 bits per heavy atom. The van der Waals surface area contributed by atoms with Crippen molar-refractivity contribution in [1.29, 1.82) is 0 Å². The first kappa shape index (κ1) is 24.9. The van der Waals surface area contributed by atoms with E-state index in [1.807, 2.05) is 6.07 Å². The van der Waals surface area contributed by atoms with Gasteiger partial charge in [0.1, 0.15) is 18.2 Å². The summed E-state index contributed by atoms with van der Waals surface area (Å²) in [5.41, 5.74) is 2.11. The summed E-state index contributed by atoms with van der Waals surface area (Å²) in [5, 5.41) is 2.99. The molecule has 1 atom stereocenters. The van der Waals surface area contributed by atoms with Gasteiger partial charge in [0.25, 0.3) is 0 Å². The standard InChI is InChI=1S/C24H30F2NO4P/c25-22-15-20(16-27-12-7-13-31-32(28)29)23(26)14-19(22)8-3-2-6-11-24(17-30-18-24)21-9-4-1-5-10-21/h1,4-5,9-10,14-15,27H,2-3,6-8,11-13,16-18H2/p+1. The highest BCUT2D eigenvalue weighted by Gasteiger charge is 2.39. The summed E-state index contributed by atoms with van der Waals surface area (Å²) in [5.74, 6) is -0.796. The Balaban J connectivity index is 1.39. The third-order valence-corrected chi connectivity index (χ3v) is 6.38. The van der Waals surface area contributed by atoms with E-state index < -0.39 is 14.1 Å². The molecule has 0 amide bonds. The van der Waals surface area contributed by atoms with Gasteiger partial charge >= 0.3 is 8.25 Å². The van der Waals surface area contributed by atoms with Crippen LogP contribution in [0.25, 0.3) is 0 Å². The van der Waals surface area contributed by atoms with Gasteiger partial charge in [0.2, 0.25) is 0 Å². The van der Waals surface area contributed by atoms with Crippen LogP contribution in [0.4, 0.5) is 8.78 Å². The number of hydrogen-bond donors (Lipinski definition) is 2. The SMILES string of the molecule is O=[P+](O)OCCCNCc1cc(F)c(CCCCCC2(c3ccccc3)COC2)cc1F. The van der Waals surface area contributed by atoms with Crippen LogP contribution in [0.15, 0.2) is 42.5 Å². The Labute approximate surface area is 189 Å². The second-order valence-corrected chi connectivity index (χ2v) is 9.07. The number of benzene rings is 2. The van der Waals surface area contributed by atoms with Gasteiger partial charge in [-0.05, 0) is 55.5 Å². The predicted octanol–water partition coefficient (Wildman–Crippen LogP) is 5.18. The average Bonchev–Trinajstić information content (AvgIpc) is 2.75. The Morgan fingerprint density at radius 1 is 1.03 bits per heavy atom. The van der Waals surface area contributed by atoms with Crippen molar-refractivity contribution >= 4 is 8.25 Å². The van der Waals surface area contributed by atoms with Crippen molar-refractivity contribution in [3.63, 3.8) is 0 Å². The van der Waals surface area contributed by atoms with Crippen LogP contribution in [0.3, 0.4) is 0 Å². The number of ether oxygens (including phenoxy) is 1. The number of rotatable bonds is 14. The number of halogens is 2. The summed E-state index contributed by atoms with van der Waals surface area (Å²) in [7, 11) is -2.59. The van der Waals surface area contributed by atoms with E-state index in [4.69, 9.17) is 9.63 Å². The summed E-state index contributed by atoms with van der Waals surface area (Å²) in [6.07, 6.45) is 4.85. The maximum Gasteiger partial charge on any atom is 0.694 e. The molecule has 1 aliphatic heterocycles. The van der Waals surface area contributed by atoms with E-state index in [9.17, 15) is 13.3 Å². The van der Waals surface area contributed by atoms with Crippen LogP contribution in [-0.2, 0) is 32.2 Å². The van der Waals surface area contributed by atoms with Gasteiger partial charge < -0.3 is 10.1 Å². The molecule has 0 radical (unpaired) electrons. The average molecular weight is 466 g/mol. The van der Waals surface area contributed by atoms with Crippen molar-refractivity contribution in [1.82, 2.24) is 5.32 Å². The summed E-state index contributed by atoms with van der Waals surface area (Å²) in [6.45, 7) is 2.30. The third-order valence-electron chi connectivity index (χ3n) is 5.97. The molecule has 0 spiro atoms. The molecule has 1 saturated heterocycles. The normalized spacial score (nSPS) is 15.4. The Bertz CT molecular complexity index is 878. The van der Waals surface area contributed by atoms with Crippen molar-refractivity contribution in [3.8, 4) is 0 Å². The molecular weight excluding hydrogens is 435 g/mol. The van der Waals surface area contributed by atoms with Crippen LogP contribution in [0.5, 0.6) is 0 Å². The molecule has 1 aliphatic rings. The predicted molar refractivity (Wildman–Crippen MR) is 120 cm³/mol. The van der Waals surface area contributed by atoms with Crippen molar-refractivity contribution < 1.29 is 27.5 Å². The fraction of sp³-hybridized carbons (Fsp3) is 0.500. The Kier molecular flexibility index (Phi) is 9.69. The van der Waals surface area contributed by atoms with E-state index in [0.717, 1.165) is 38.9 Å². The number of unbranched alkanes of at least 4 members (excludes halogenated alkanes) is 2. The first-order valence-electron chi connectivity index (χ1n) is 11.1. The van der Waals surface area contributed by atoms with Crippen LogP contribution in [0, 0.1) is 11.6 Å². The molecule has 2 N–H and O–H groups in total. The van der Waals surface area contributed by atoms with Gasteiger partial charge in [-0.3, -0.25) is 0 Å². The Hall–Kier alpha value is -1.76. The lowest BCUT2D eigenvalue weighted by Crippen LogP contribution is -2.46. The molecule has 0 saturated carbocycles. The monoisotopic (exact) mass is 466 g/mol. The van der Waals surface area contributed by atoms with E-state index in [2.05, 4.69) is 34.1 Å². The molecule has 0 aromatic heterocycles. The molecule has 5 nitrogen and oxygen atoms in total. The number of aryl methyl sites for hydroxylation is 1. The molecule has 174 valence electrons. The first-order valence-corrected chi connectivity index (χ1v) is 12.2. The zero-order valence-corrected chi connectivity index (χ0v) is 19.1.